The summed E-state index contributed by atoms with van der Waals surface area (Å²) in [5.41, 5.74) is 1.01. The molecule has 0 aliphatic carbocycles. The molecule has 7 heteroatoms. The molecule has 1 aromatic heterocycles. The number of aromatic nitrogens is 3. The highest BCUT2D eigenvalue weighted by atomic mass is 16.5. The third kappa shape index (κ3) is 6.96. The first-order valence-corrected chi connectivity index (χ1v) is 8.90. The molecule has 0 fully saturated rings. The van der Waals surface area contributed by atoms with Gasteiger partial charge >= 0.3 is 0 Å². The lowest BCUT2D eigenvalue weighted by atomic mass is 10.3. The lowest BCUT2D eigenvalue weighted by Gasteiger charge is -2.14. The van der Waals surface area contributed by atoms with Gasteiger partial charge in [-0.3, -0.25) is 0 Å². The third-order valence-electron chi connectivity index (χ3n) is 3.57. The van der Waals surface area contributed by atoms with Gasteiger partial charge in [-0.25, -0.2) is 4.99 Å². The molecule has 2 N–H and O–H groups in total. The summed E-state index contributed by atoms with van der Waals surface area (Å²) >= 11 is 0. The second-order valence-electron chi connectivity index (χ2n) is 5.93. The molecule has 7 nitrogen and oxygen atoms in total. The summed E-state index contributed by atoms with van der Waals surface area (Å²) in [5.74, 6) is 2.59. The molecule has 2 rings (SSSR count). The molecule has 0 unspecified atom stereocenters. The van der Waals surface area contributed by atoms with Crippen LogP contribution in [0.2, 0.25) is 0 Å². The molecule has 0 saturated carbocycles. The fourth-order valence-corrected chi connectivity index (χ4v) is 2.28. The van der Waals surface area contributed by atoms with E-state index in [1.54, 1.807) is 6.33 Å². The van der Waals surface area contributed by atoms with Gasteiger partial charge in [-0.15, -0.1) is 10.2 Å². The fraction of sp³-hybridized carbons (Fsp3) is 0.421. The molecule has 1 aromatic carbocycles. The highest BCUT2D eigenvalue weighted by Crippen LogP contribution is 2.07. The number of aliphatic imine (C=N–C) groups is 1. The minimum Gasteiger partial charge on any atom is -0.492 e. The number of hydrogen-bond donors (Lipinski definition) is 2. The molecule has 0 radical (unpaired) electrons. The number of guanidine groups is 1. The minimum atomic E-state index is 0.559. The molecule has 1 heterocycles. The summed E-state index contributed by atoms with van der Waals surface area (Å²) in [7, 11) is 0. The van der Waals surface area contributed by atoms with Crippen molar-refractivity contribution in [2.45, 2.75) is 26.8 Å². The molecule has 0 saturated heterocycles. The first-order valence-electron chi connectivity index (χ1n) is 8.90. The SMILES string of the molecule is C=C(C)CN=C(NCCOc1ccccc1)NCCn1cnnc1CC. The average molecular weight is 356 g/mol. The zero-order valence-corrected chi connectivity index (χ0v) is 15.6. The van der Waals surface area contributed by atoms with Gasteiger partial charge in [-0.1, -0.05) is 37.3 Å². The van der Waals surface area contributed by atoms with Gasteiger partial charge in [0.15, 0.2) is 5.96 Å². The molecule has 0 bridgehead atoms. The maximum absolute atomic E-state index is 5.69. The van der Waals surface area contributed by atoms with E-state index < -0.39 is 0 Å². The lowest BCUT2D eigenvalue weighted by Crippen LogP contribution is -2.41. The van der Waals surface area contributed by atoms with Crippen LogP contribution in [-0.2, 0) is 13.0 Å². The van der Waals surface area contributed by atoms with E-state index in [2.05, 4.69) is 39.3 Å². The standard InChI is InChI=1S/C19H28N6O/c1-4-18-24-23-15-25(18)12-10-20-19(22-14-16(2)3)21-11-13-26-17-8-6-5-7-9-17/h5-9,15H,2,4,10-14H2,1,3H3,(H2,20,21,22). The Morgan fingerprint density at radius 3 is 2.73 bits per heavy atom. The van der Waals surface area contributed by atoms with Gasteiger partial charge in [-0.05, 0) is 19.1 Å². The molecule has 0 atom stereocenters. The van der Waals surface area contributed by atoms with Crippen molar-refractivity contribution in [3.05, 3.63) is 54.6 Å². The van der Waals surface area contributed by atoms with Crippen LogP contribution in [0.5, 0.6) is 5.75 Å². The van der Waals surface area contributed by atoms with Crippen molar-refractivity contribution < 1.29 is 4.74 Å². The highest BCUT2D eigenvalue weighted by molar-refractivity contribution is 5.79. The van der Waals surface area contributed by atoms with Crippen LogP contribution < -0.4 is 15.4 Å². The smallest absolute Gasteiger partial charge is 0.191 e. The topological polar surface area (TPSA) is 76.4 Å². The molecule has 0 amide bonds. The minimum absolute atomic E-state index is 0.559. The number of hydrogen-bond acceptors (Lipinski definition) is 4. The number of para-hydroxylation sites is 1. The highest BCUT2D eigenvalue weighted by Gasteiger charge is 2.03. The molecule has 140 valence electrons. The molecule has 0 aliphatic heterocycles. The van der Waals surface area contributed by atoms with Crippen LogP contribution in [0.25, 0.3) is 0 Å². The van der Waals surface area contributed by atoms with Crippen molar-refractivity contribution in [1.82, 2.24) is 25.4 Å². The van der Waals surface area contributed by atoms with Crippen LogP contribution in [0.3, 0.4) is 0 Å². The summed E-state index contributed by atoms with van der Waals surface area (Å²) in [6.07, 6.45) is 2.62. The van der Waals surface area contributed by atoms with Crippen LogP contribution in [0.4, 0.5) is 0 Å². The maximum atomic E-state index is 5.69. The summed E-state index contributed by atoms with van der Waals surface area (Å²) < 4.78 is 7.74. The molecular weight excluding hydrogens is 328 g/mol. The van der Waals surface area contributed by atoms with Gasteiger partial charge in [-0.2, -0.15) is 0 Å². The van der Waals surface area contributed by atoms with Gasteiger partial charge in [0.1, 0.15) is 24.5 Å². The van der Waals surface area contributed by atoms with E-state index in [-0.39, 0.29) is 0 Å². The van der Waals surface area contributed by atoms with E-state index in [0.717, 1.165) is 42.6 Å². The quantitative estimate of drug-likeness (QED) is 0.295. The second-order valence-corrected chi connectivity index (χ2v) is 5.93. The van der Waals surface area contributed by atoms with Gasteiger partial charge in [0.2, 0.25) is 0 Å². The number of benzene rings is 1. The average Bonchev–Trinajstić information content (AvgIpc) is 3.11. The Hall–Kier alpha value is -2.83. The van der Waals surface area contributed by atoms with E-state index >= 15 is 0 Å². The Morgan fingerprint density at radius 2 is 2.00 bits per heavy atom. The Bertz CT molecular complexity index is 695. The first kappa shape index (κ1) is 19.5. The second kappa shape index (κ2) is 10.9. The van der Waals surface area contributed by atoms with E-state index in [4.69, 9.17) is 4.74 Å². The van der Waals surface area contributed by atoms with Gasteiger partial charge in [0.25, 0.3) is 0 Å². The zero-order chi connectivity index (χ0) is 18.6. The van der Waals surface area contributed by atoms with Gasteiger partial charge in [0.05, 0.1) is 13.1 Å². The lowest BCUT2D eigenvalue weighted by molar-refractivity contribution is 0.322. The Labute approximate surface area is 155 Å². The van der Waals surface area contributed by atoms with Crippen LogP contribution in [0.1, 0.15) is 19.7 Å². The van der Waals surface area contributed by atoms with Gasteiger partial charge in [0, 0.05) is 19.5 Å². The van der Waals surface area contributed by atoms with Crippen LogP contribution in [-0.4, -0.2) is 47.0 Å². The van der Waals surface area contributed by atoms with Crippen LogP contribution in [0, 0.1) is 0 Å². The van der Waals surface area contributed by atoms with E-state index in [0.29, 0.717) is 19.7 Å². The molecule has 26 heavy (non-hydrogen) atoms. The summed E-state index contributed by atoms with van der Waals surface area (Å²) in [5, 5.41) is 14.7. The molecule has 0 aliphatic rings. The predicted molar refractivity (Wildman–Crippen MR) is 104 cm³/mol. The number of rotatable bonds is 10. The maximum Gasteiger partial charge on any atom is 0.191 e. The number of nitrogens with zero attached hydrogens (tertiary/aromatic N) is 4. The van der Waals surface area contributed by atoms with Gasteiger partial charge < -0.3 is 19.9 Å². The van der Waals surface area contributed by atoms with Crippen molar-refractivity contribution >= 4 is 5.96 Å². The van der Waals surface area contributed by atoms with E-state index in [9.17, 15) is 0 Å². The monoisotopic (exact) mass is 356 g/mol. The Balaban J connectivity index is 1.77. The van der Waals surface area contributed by atoms with Crippen molar-refractivity contribution in [3.8, 4) is 5.75 Å². The van der Waals surface area contributed by atoms with Crippen molar-refractivity contribution in [3.63, 3.8) is 0 Å². The summed E-state index contributed by atoms with van der Waals surface area (Å²) in [4.78, 5) is 4.53. The normalized spacial score (nSPS) is 11.2. The van der Waals surface area contributed by atoms with Crippen LogP contribution >= 0.6 is 0 Å². The van der Waals surface area contributed by atoms with Crippen molar-refractivity contribution in [1.29, 1.82) is 0 Å². The first-order chi connectivity index (χ1) is 12.7. The fourth-order valence-electron chi connectivity index (χ4n) is 2.28. The largest absolute Gasteiger partial charge is 0.492 e. The number of ether oxygens (including phenoxy) is 1. The van der Waals surface area contributed by atoms with E-state index in [1.807, 2.05) is 41.8 Å². The zero-order valence-electron chi connectivity index (χ0n) is 15.6. The van der Waals surface area contributed by atoms with Crippen LogP contribution in [0.15, 0.2) is 53.8 Å². The predicted octanol–water partition coefficient (Wildman–Crippen LogP) is 2.03. The Kier molecular flexibility index (Phi) is 8.18. The summed E-state index contributed by atoms with van der Waals surface area (Å²) in [6, 6.07) is 9.77. The van der Waals surface area contributed by atoms with Crippen molar-refractivity contribution in [2.24, 2.45) is 4.99 Å². The van der Waals surface area contributed by atoms with Crippen molar-refractivity contribution in [2.75, 3.05) is 26.2 Å². The number of nitrogens with one attached hydrogen (secondary N) is 2. The molecule has 0 spiro atoms. The summed E-state index contributed by atoms with van der Waals surface area (Å²) in [6.45, 7) is 11.2. The third-order valence-corrected chi connectivity index (χ3v) is 3.57. The van der Waals surface area contributed by atoms with E-state index in [1.165, 1.54) is 0 Å². The Morgan fingerprint density at radius 1 is 1.23 bits per heavy atom. The molecular formula is C19H28N6O. The molecule has 2 aromatic rings. The number of aryl methyl sites for hydroxylation is 1.